The summed E-state index contributed by atoms with van der Waals surface area (Å²) in [6.45, 7) is 6.51. The molecule has 1 atom stereocenters. The summed E-state index contributed by atoms with van der Waals surface area (Å²) in [5.41, 5.74) is 4.07. The Bertz CT molecular complexity index is 1080. The van der Waals surface area contributed by atoms with E-state index in [1.807, 2.05) is 30.5 Å². The van der Waals surface area contributed by atoms with Gasteiger partial charge in [-0.15, -0.1) is 11.3 Å². The van der Waals surface area contributed by atoms with Gasteiger partial charge in [0, 0.05) is 27.5 Å². The van der Waals surface area contributed by atoms with Gasteiger partial charge in [0.25, 0.3) is 5.91 Å². The molecule has 2 aliphatic rings. The summed E-state index contributed by atoms with van der Waals surface area (Å²) in [7, 11) is 0. The summed E-state index contributed by atoms with van der Waals surface area (Å²) in [5, 5.41) is 8.21. The molecule has 1 fully saturated rings. The summed E-state index contributed by atoms with van der Waals surface area (Å²) in [6, 6.07) is 5.11. The molecular weight excluding hydrogens is 434 g/mol. The Labute approximate surface area is 190 Å². The van der Waals surface area contributed by atoms with Gasteiger partial charge in [-0.05, 0) is 48.9 Å². The van der Waals surface area contributed by atoms with Crippen LogP contribution in [0.15, 0.2) is 35.9 Å². The van der Waals surface area contributed by atoms with Crippen molar-refractivity contribution in [1.29, 1.82) is 0 Å². The van der Waals surface area contributed by atoms with E-state index < -0.39 is 6.04 Å². The Hall–Kier alpha value is -2.64. The van der Waals surface area contributed by atoms with E-state index in [-0.39, 0.29) is 24.1 Å². The van der Waals surface area contributed by atoms with Gasteiger partial charge in [-0.3, -0.25) is 14.4 Å². The maximum Gasteiger partial charge on any atom is 0.256 e. The maximum absolute atomic E-state index is 12.9. The van der Waals surface area contributed by atoms with Crippen LogP contribution in [0.5, 0.6) is 0 Å². The number of thiophene rings is 1. The number of aryl methyl sites for hydroxylation is 1. The van der Waals surface area contributed by atoms with Gasteiger partial charge >= 0.3 is 0 Å². The van der Waals surface area contributed by atoms with Gasteiger partial charge in [-0.2, -0.15) is 0 Å². The number of carbonyl (C=O) groups excluding carboxylic acids is 3. The van der Waals surface area contributed by atoms with Crippen molar-refractivity contribution in [1.82, 2.24) is 15.5 Å². The summed E-state index contributed by atoms with van der Waals surface area (Å²) < 4.78 is 0. The second kappa shape index (κ2) is 8.85. The molecular formula is C23H24ClN3O3S. The predicted molar refractivity (Wildman–Crippen MR) is 121 cm³/mol. The lowest BCUT2D eigenvalue weighted by molar-refractivity contribution is -0.125. The minimum Gasteiger partial charge on any atom is -0.351 e. The zero-order valence-electron chi connectivity index (χ0n) is 17.3. The Kier molecular flexibility index (Phi) is 6.16. The average molecular weight is 458 g/mol. The van der Waals surface area contributed by atoms with E-state index in [9.17, 15) is 14.4 Å². The minimum absolute atomic E-state index is 0.107. The number of halogens is 1. The fraction of sp³-hybridized carbons (Fsp3) is 0.348. The van der Waals surface area contributed by atoms with Crippen molar-refractivity contribution in [3.05, 3.63) is 68.0 Å². The van der Waals surface area contributed by atoms with Gasteiger partial charge < -0.3 is 15.5 Å². The number of allylic oxidation sites excluding steroid dienone is 1. The van der Waals surface area contributed by atoms with Crippen LogP contribution in [-0.4, -0.2) is 28.7 Å². The molecule has 1 aromatic carbocycles. The number of carbonyl (C=O) groups is 3. The van der Waals surface area contributed by atoms with Crippen LogP contribution in [0.2, 0.25) is 5.02 Å². The highest BCUT2D eigenvalue weighted by Crippen LogP contribution is 2.34. The quantitative estimate of drug-likeness (QED) is 0.718. The molecule has 162 valence electrons. The van der Waals surface area contributed by atoms with Crippen molar-refractivity contribution in [2.75, 3.05) is 0 Å². The normalized spacial score (nSPS) is 18.6. The Morgan fingerprint density at radius 2 is 2.19 bits per heavy atom. The van der Waals surface area contributed by atoms with Gasteiger partial charge in [0.05, 0.1) is 18.5 Å². The predicted octanol–water partition coefficient (Wildman–Crippen LogP) is 3.71. The van der Waals surface area contributed by atoms with Crippen LogP contribution in [0, 0.1) is 6.92 Å². The highest BCUT2D eigenvalue weighted by Gasteiger charge is 2.39. The average Bonchev–Trinajstić information content (AvgIpc) is 3.21. The summed E-state index contributed by atoms with van der Waals surface area (Å²) in [4.78, 5) is 40.4. The lowest BCUT2D eigenvalue weighted by Crippen LogP contribution is -2.45. The first-order chi connectivity index (χ1) is 14.8. The molecule has 2 aliphatic heterocycles. The molecule has 1 saturated heterocycles. The smallest absolute Gasteiger partial charge is 0.256 e. The van der Waals surface area contributed by atoms with E-state index in [1.165, 1.54) is 11.3 Å². The maximum atomic E-state index is 12.9. The zero-order valence-corrected chi connectivity index (χ0v) is 18.9. The number of nitrogens with zero attached hydrogens (tertiary/aromatic N) is 1. The topological polar surface area (TPSA) is 78.5 Å². The zero-order chi connectivity index (χ0) is 22.1. The molecule has 31 heavy (non-hydrogen) atoms. The lowest BCUT2D eigenvalue weighted by atomic mass is 10.1. The third-order valence-electron chi connectivity index (χ3n) is 5.78. The first kappa shape index (κ1) is 21.6. The molecule has 0 unspecified atom stereocenters. The second-order valence-corrected chi connectivity index (χ2v) is 9.39. The Balaban J connectivity index is 1.40. The van der Waals surface area contributed by atoms with Crippen LogP contribution >= 0.6 is 22.9 Å². The molecule has 3 amide bonds. The first-order valence-corrected chi connectivity index (χ1v) is 11.5. The van der Waals surface area contributed by atoms with Crippen molar-refractivity contribution in [3.8, 4) is 0 Å². The number of hydrogen-bond acceptors (Lipinski definition) is 4. The number of rotatable bonds is 5. The Morgan fingerprint density at radius 3 is 2.97 bits per heavy atom. The minimum atomic E-state index is -0.488. The standard InChI is InChI=1S/C23H24ClN3O3S/c1-13-6-7-15(8-18(13)24)9-21(28)25-10-20-16-11-27(23(30)17(16)12-31-20)19-5-3-4-14(2)26-22(19)29/h6-8,12,19H,2-5,9-11H2,1H3,(H,25,28)(H,26,29)/t19-/m0/s1. The van der Waals surface area contributed by atoms with Crippen LogP contribution in [0.25, 0.3) is 0 Å². The van der Waals surface area contributed by atoms with E-state index in [1.54, 1.807) is 4.90 Å². The van der Waals surface area contributed by atoms with Gasteiger partial charge in [0.15, 0.2) is 0 Å². The van der Waals surface area contributed by atoms with E-state index in [4.69, 9.17) is 11.6 Å². The monoisotopic (exact) mass is 457 g/mol. The van der Waals surface area contributed by atoms with E-state index in [0.29, 0.717) is 35.8 Å². The number of hydrogen-bond donors (Lipinski definition) is 2. The molecule has 6 nitrogen and oxygen atoms in total. The molecule has 1 aromatic heterocycles. The van der Waals surface area contributed by atoms with E-state index >= 15 is 0 Å². The fourth-order valence-corrected chi connectivity index (χ4v) is 5.18. The molecule has 0 spiro atoms. The van der Waals surface area contributed by atoms with Gasteiger partial charge in [-0.1, -0.05) is 30.3 Å². The molecule has 0 radical (unpaired) electrons. The van der Waals surface area contributed by atoms with Gasteiger partial charge in [-0.25, -0.2) is 0 Å². The fourth-order valence-electron chi connectivity index (χ4n) is 4.00. The number of amides is 3. The third kappa shape index (κ3) is 4.52. The van der Waals surface area contributed by atoms with Crippen molar-refractivity contribution in [2.45, 2.75) is 51.7 Å². The van der Waals surface area contributed by atoms with Crippen LogP contribution in [0.1, 0.15) is 51.2 Å². The van der Waals surface area contributed by atoms with E-state index in [2.05, 4.69) is 17.2 Å². The highest BCUT2D eigenvalue weighted by molar-refractivity contribution is 7.10. The summed E-state index contributed by atoms with van der Waals surface area (Å²) >= 11 is 7.60. The number of fused-ring (bicyclic) bond motifs is 1. The lowest BCUT2D eigenvalue weighted by Gasteiger charge is -2.25. The van der Waals surface area contributed by atoms with Crippen LogP contribution in [0.3, 0.4) is 0 Å². The molecule has 4 rings (SSSR count). The van der Waals surface area contributed by atoms with Gasteiger partial charge in [0.1, 0.15) is 6.04 Å². The van der Waals surface area contributed by atoms with E-state index in [0.717, 1.165) is 34.4 Å². The molecule has 3 heterocycles. The first-order valence-electron chi connectivity index (χ1n) is 10.2. The van der Waals surface area contributed by atoms with Crippen molar-refractivity contribution >= 4 is 40.7 Å². The highest BCUT2D eigenvalue weighted by atomic mass is 35.5. The van der Waals surface area contributed by atoms with Crippen LogP contribution in [0.4, 0.5) is 0 Å². The molecule has 2 aromatic rings. The Morgan fingerprint density at radius 1 is 1.39 bits per heavy atom. The van der Waals surface area contributed by atoms with Crippen molar-refractivity contribution in [2.24, 2.45) is 0 Å². The third-order valence-corrected chi connectivity index (χ3v) is 7.22. The summed E-state index contributed by atoms with van der Waals surface area (Å²) in [6.07, 6.45) is 2.40. The second-order valence-electron chi connectivity index (χ2n) is 8.02. The SMILES string of the molecule is C=C1CCC[C@H](N2Cc3c(csc3CNC(=O)Cc3ccc(C)c(Cl)c3)C2=O)C(=O)N1. The molecule has 0 aliphatic carbocycles. The van der Waals surface area contributed by atoms with Gasteiger partial charge in [0.2, 0.25) is 11.8 Å². The molecule has 0 bridgehead atoms. The molecule has 2 N–H and O–H groups in total. The molecule has 8 heteroatoms. The van der Waals surface area contributed by atoms with Crippen LogP contribution < -0.4 is 10.6 Å². The van der Waals surface area contributed by atoms with Crippen LogP contribution in [-0.2, 0) is 29.1 Å². The number of benzene rings is 1. The number of nitrogens with one attached hydrogen (secondary N) is 2. The largest absolute Gasteiger partial charge is 0.351 e. The summed E-state index contributed by atoms with van der Waals surface area (Å²) in [5.74, 6) is -0.396. The van der Waals surface area contributed by atoms with Crippen molar-refractivity contribution < 1.29 is 14.4 Å². The van der Waals surface area contributed by atoms with Crippen molar-refractivity contribution in [3.63, 3.8) is 0 Å². The molecule has 0 saturated carbocycles.